The van der Waals surface area contributed by atoms with E-state index in [9.17, 15) is 4.39 Å². The molecule has 5 N–H and O–H groups in total. The smallest absolute Gasteiger partial charge is 0.119 e. The zero-order valence-electron chi connectivity index (χ0n) is 15.0. The van der Waals surface area contributed by atoms with E-state index in [1.165, 1.54) is 6.08 Å². The van der Waals surface area contributed by atoms with Crippen LogP contribution in [0.2, 0.25) is 0 Å². The van der Waals surface area contributed by atoms with Gasteiger partial charge in [0.25, 0.3) is 0 Å². The number of hydrazine groups is 1. The topological polar surface area (TPSA) is 80.7 Å². The van der Waals surface area contributed by atoms with Gasteiger partial charge in [0.2, 0.25) is 0 Å². The molecule has 142 valence electrons. The van der Waals surface area contributed by atoms with E-state index < -0.39 is 6.17 Å². The van der Waals surface area contributed by atoms with Gasteiger partial charge in [0, 0.05) is 12.2 Å². The molecule has 6 nitrogen and oxygen atoms in total. The zero-order valence-corrected chi connectivity index (χ0v) is 15.0. The van der Waals surface area contributed by atoms with Gasteiger partial charge in [0.15, 0.2) is 0 Å². The van der Waals surface area contributed by atoms with Gasteiger partial charge in [-0.2, -0.15) is 5.10 Å². The van der Waals surface area contributed by atoms with E-state index in [0.29, 0.717) is 19.4 Å². The van der Waals surface area contributed by atoms with E-state index in [1.807, 2.05) is 48.5 Å². The summed E-state index contributed by atoms with van der Waals surface area (Å²) in [7, 11) is 0. The number of anilines is 4. The van der Waals surface area contributed by atoms with Gasteiger partial charge in [-0.1, -0.05) is 0 Å². The van der Waals surface area contributed by atoms with Crippen LogP contribution < -0.4 is 21.6 Å². The Balaban J connectivity index is 1.47. The van der Waals surface area contributed by atoms with E-state index in [0.717, 1.165) is 28.5 Å². The maximum Gasteiger partial charge on any atom is 0.119 e. The molecule has 1 atom stereocenters. The van der Waals surface area contributed by atoms with Crippen molar-refractivity contribution in [1.29, 1.82) is 0 Å². The molecular formula is C20H24FN5O. The van der Waals surface area contributed by atoms with Crippen molar-refractivity contribution in [3.8, 4) is 0 Å². The number of hydrogen-bond acceptors (Lipinski definition) is 6. The fourth-order valence-corrected chi connectivity index (χ4v) is 2.55. The van der Waals surface area contributed by atoms with Crippen molar-refractivity contribution in [2.45, 2.75) is 19.0 Å². The molecule has 1 aliphatic rings. The fraction of sp³-hybridized carbons (Fsp3) is 0.250. The van der Waals surface area contributed by atoms with Crippen LogP contribution >= 0.6 is 0 Å². The highest BCUT2D eigenvalue weighted by molar-refractivity contribution is 5.96. The van der Waals surface area contributed by atoms with Crippen LogP contribution in [0.5, 0.6) is 0 Å². The average Bonchev–Trinajstić information content (AvgIpc) is 2.72. The van der Waals surface area contributed by atoms with E-state index >= 15 is 0 Å². The molecule has 27 heavy (non-hydrogen) atoms. The molecule has 0 fully saturated rings. The van der Waals surface area contributed by atoms with Gasteiger partial charge in [-0.3, -0.25) is 5.43 Å². The number of halogens is 1. The molecule has 1 aliphatic carbocycles. The lowest BCUT2D eigenvalue weighted by molar-refractivity contribution is 0.311. The third-order valence-corrected chi connectivity index (χ3v) is 4.06. The molecule has 0 spiro atoms. The predicted octanol–water partition coefficient (Wildman–Crippen LogP) is 3.99. The summed E-state index contributed by atoms with van der Waals surface area (Å²) >= 11 is 0. The first-order valence-corrected chi connectivity index (χ1v) is 8.95. The molecule has 0 radical (unpaired) electrons. The SMILES string of the molecule is OCCNc1ccc(NNc2ccc(N/N=C3/C=CC(F)CC3)cc2)cc1. The van der Waals surface area contributed by atoms with Crippen LogP contribution in [-0.2, 0) is 0 Å². The standard InChI is InChI=1S/C20H24FN5O/c21-15-1-3-17(4-2-15)23-25-19-9-11-20(12-10-19)26-24-18-7-5-16(6-8-18)22-13-14-27/h1,3,5-12,15,22,24-27H,2,4,13-14H2/b23-17-. The minimum Gasteiger partial charge on any atom is -0.395 e. The van der Waals surface area contributed by atoms with Gasteiger partial charge in [-0.05, 0) is 73.5 Å². The number of allylic oxidation sites excluding steroid dienone is 2. The largest absolute Gasteiger partial charge is 0.395 e. The van der Waals surface area contributed by atoms with E-state index in [-0.39, 0.29) is 6.61 Å². The Morgan fingerprint density at radius 3 is 2.07 bits per heavy atom. The summed E-state index contributed by atoms with van der Waals surface area (Å²) in [6.07, 6.45) is 3.55. The molecule has 0 aromatic heterocycles. The number of hydrazone groups is 1. The normalized spacial score (nSPS) is 17.6. The molecule has 3 rings (SSSR count). The summed E-state index contributed by atoms with van der Waals surface area (Å²) < 4.78 is 13.0. The van der Waals surface area contributed by atoms with Crippen molar-refractivity contribution in [1.82, 2.24) is 0 Å². The lowest BCUT2D eigenvalue weighted by Crippen LogP contribution is -2.10. The molecule has 0 saturated carbocycles. The predicted molar refractivity (Wildman–Crippen MR) is 110 cm³/mol. The van der Waals surface area contributed by atoms with Gasteiger partial charge in [-0.15, -0.1) is 0 Å². The Labute approximate surface area is 158 Å². The Bertz CT molecular complexity index is 774. The quantitative estimate of drug-likeness (QED) is 0.455. The molecule has 0 saturated heterocycles. The lowest BCUT2D eigenvalue weighted by Gasteiger charge is -2.12. The van der Waals surface area contributed by atoms with Crippen LogP contribution in [0.3, 0.4) is 0 Å². The number of rotatable bonds is 8. The second-order valence-corrected chi connectivity index (χ2v) is 6.18. The number of alkyl halides is 1. The fourth-order valence-electron chi connectivity index (χ4n) is 2.55. The molecule has 0 aliphatic heterocycles. The molecule has 2 aromatic rings. The van der Waals surface area contributed by atoms with Crippen LogP contribution in [-0.4, -0.2) is 30.1 Å². The minimum absolute atomic E-state index is 0.105. The highest BCUT2D eigenvalue weighted by Crippen LogP contribution is 2.17. The van der Waals surface area contributed by atoms with Crippen LogP contribution in [0.15, 0.2) is 65.8 Å². The summed E-state index contributed by atoms with van der Waals surface area (Å²) in [5.41, 5.74) is 13.8. The summed E-state index contributed by atoms with van der Waals surface area (Å²) in [4.78, 5) is 0. The molecule has 0 bridgehead atoms. The van der Waals surface area contributed by atoms with Gasteiger partial charge < -0.3 is 21.3 Å². The molecule has 7 heteroatoms. The Morgan fingerprint density at radius 1 is 0.926 bits per heavy atom. The highest BCUT2D eigenvalue weighted by atomic mass is 19.1. The van der Waals surface area contributed by atoms with Crippen molar-refractivity contribution in [2.75, 3.05) is 34.7 Å². The maximum atomic E-state index is 13.0. The van der Waals surface area contributed by atoms with Crippen LogP contribution in [0.4, 0.5) is 27.1 Å². The number of aliphatic hydroxyl groups excluding tert-OH is 1. The Kier molecular flexibility index (Phi) is 6.65. The van der Waals surface area contributed by atoms with Crippen molar-refractivity contribution >= 4 is 28.5 Å². The minimum atomic E-state index is -0.852. The van der Waals surface area contributed by atoms with Gasteiger partial charge in [-0.25, -0.2) is 4.39 Å². The summed E-state index contributed by atoms with van der Waals surface area (Å²) in [6, 6.07) is 15.5. The number of aliphatic hydroxyl groups is 1. The molecule has 0 heterocycles. The summed E-state index contributed by atoms with van der Waals surface area (Å²) in [5.74, 6) is 0. The third kappa shape index (κ3) is 6.00. The molecule has 0 amide bonds. The molecular weight excluding hydrogens is 345 g/mol. The monoisotopic (exact) mass is 369 g/mol. The first-order valence-electron chi connectivity index (χ1n) is 8.95. The third-order valence-electron chi connectivity index (χ3n) is 4.06. The number of hydrogen-bond donors (Lipinski definition) is 5. The maximum absolute atomic E-state index is 13.0. The molecule has 1 unspecified atom stereocenters. The van der Waals surface area contributed by atoms with Crippen molar-refractivity contribution in [3.05, 3.63) is 60.7 Å². The van der Waals surface area contributed by atoms with Crippen LogP contribution in [0.25, 0.3) is 0 Å². The molecule has 2 aromatic carbocycles. The van der Waals surface area contributed by atoms with Crippen molar-refractivity contribution in [3.63, 3.8) is 0 Å². The highest BCUT2D eigenvalue weighted by Gasteiger charge is 2.09. The van der Waals surface area contributed by atoms with Crippen molar-refractivity contribution < 1.29 is 9.50 Å². The van der Waals surface area contributed by atoms with Crippen LogP contribution in [0, 0.1) is 0 Å². The average molecular weight is 369 g/mol. The van der Waals surface area contributed by atoms with Gasteiger partial charge in [0.1, 0.15) is 6.17 Å². The summed E-state index contributed by atoms with van der Waals surface area (Å²) in [6.45, 7) is 0.636. The summed E-state index contributed by atoms with van der Waals surface area (Å²) in [5, 5.41) is 16.2. The Hall–Kier alpha value is -3.06. The number of nitrogens with one attached hydrogen (secondary N) is 4. The van der Waals surface area contributed by atoms with Crippen molar-refractivity contribution in [2.24, 2.45) is 5.10 Å². The Morgan fingerprint density at radius 2 is 1.52 bits per heavy atom. The zero-order chi connectivity index (χ0) is 18.9. The van der Waals surface area contributed by atoms with E-state index in [1.54, 1.807) is 6.08 Å². The van der Waals surface area contributed by atoms with Gasteiger partial charge >= 0.3 is 0 Å². The first kappa shape index (κ1) is 18.7. The second kappa shape index (κ2) is 9.59. The van der Waals surface area contributed by atoms with E-state index in [2.05, 4.69) is 26.7 Å². The first-order chi connectivity index (χ1) is 13.2. The lowest BCUT2D eigenvalue weighted by atomic mass is 10.1. The number of benzene rings is 2. The van der Waals surface area contributed by atoms with Gasteiger partial charge in [0.05, 0.1) is 29.4 Å². The number of nitrogens with zero attached hydrogens (tertiary/aromatic N) is 1. The van der Waals surface area contributed by atoms with Crippen LogP contribution in [0.1, 0.15) is 12.8 Å². The van der Waals surface area contributed by atoms with E-state index in [4.69, 9.17) is 5.11 Å². The second-order valence-electron chi connectivity index (χ2n) is 6.18.